The maximum absolute atomic E-state index is 2.30. The van der Waals surface area contributed by atoms with Gasteiger partial charge in [0.05, 0.1) is 0 Å². The summed E-state index contributed by atoms with van der Waals surface area (Å²) < 4.78 is 1.46. The largest absolute Gasteiger partial charge is 0 e. The van der Waals surface area contributed by atoms with E-state index in [0.29, 0.717) is 0 Å². The smallest absolute Gasteiger partial charge is 0 e. The minimum Gasteiger partial charge on any atom is 0 e. The molecule has 0 saturated carbocycles. The van der Waals surface area contributed by atoms with Crippen LogP contribution in [0.15, 0.2) is 0 Å². The van der Waals surface area contributed by atoms with Crippen molar-refractivity contribution in [1.29, 1.82) is 0 Å². The van der Waals surface area contributed by atoms with Gasteiger partial charge in [-0.15, -0.1) is 0 Å². The Bertz CT molecular complexity index is 134. The van der Waals surface area contributed by atoms with E-state index in [-0.39, 0.29) is 11.0 Å². The molecule has 20 heavy (non-hydrogen) atoms. The van der Waals surface area contributed by atoms with Gasteiger partial charge in [0.15, 0.2) is 0 Å². The Balaban J connectivity index is 0. The number of unbranched alkanes of at least 4 members (excludes halogenated alkanes) is 15. The fraction of sp³-hybridized carbons (Fsp3) is 1.00. The van der Waals surface area contributed by atoms with E-state index in [9.17, 15) is 0 Å². The Hall–Kier alpha value is 1.02. The monoisotopic (exact) mass is 401 g/mol. The summed E-state index contributed by atoms with van der Waals surface area (Å²) in [7, 11) is 0. The van der Waals surface area contributed by atoms with Crippen LogP contribution in [0, 0.1) is 0 Å². The average molecular weight is 400 g/mol. The Morgan fingerprint density at radius 1 is 0.450 bits per heavy atom. The molecule has 0 fully saturated rings. The fourth-order valence-electron chi connectivity index (χ4n) is 2.67. The summed E-state index contributed by atoms with van der Waals surface area (Å²) in [4.78, 5) is 0. The van der Waals surface area contributed by atoms with Crippen LogP contribution in [0.25, 0.3) is 0 Å². The van der Waals surface area contributed by atoms with Crippen LogP contribution in [0.5, 0.6) is 0 Å². The molecule has 0 aliphatic rings. The van der Waals surface area contributed by atoms with Crippen LogP contribution in [-0.4, -0.2) is 33.5 Å². The normalized spacial score (nSPS) is 10.5. The van der Waals surface area contributed by atoms with Crippen LogP contribution in [0.3, 0.4) is 0 Å². The van der Waals surface area contributed by atoms with Gasteiger partial charge in [0.1, 0.15) is 0 Å². The number of hydrogen-bond donors (Lipinski definition) is 0. The molecule has 0 spiro atoms. The SMILES string of the molecule is CCCCCCCCCCCCCCCCC[CH2][Sn].[Si]. The van der Waals surface area contributed by atoms with Crippen LogP contribution < -0.4 is 0 Å². The van der Waals surface area contributed by atoms with E-state index in [1.807, 2.05) is 0 Å². The zero-order chi connectivity index (χ0) is 14.0. The molecular formula is C18H37SiSn. The van der Waals surface area contributed by atoms with Crippen molar-refractivity contribution >= 4 is 33.5 Å². The second kappa shape index (κ2) is 22.3. The maximum atomic E-state index is 2.30. The number of hydrogen-bond acceptors (Lipinski definition) is 0. The maximum Gasteiger partial charge on any atom is 0 e. The summed E-state index contributed by atoms with van der Waals surface area (Å²) in [5, 5.41) is 0. The molecule has 2 heteroatoms. The van der Waals surface area contributed by atoms with Gasteiger partial charge in [0, 0.05) is 11.0 Å². The Morgan fingerprint density at radius 2 is 0.700 bits per heavy atom. The zero-order valence-corrected chi connectivity index (χ0v) is 17.9. The summed E-state index contributed by atoms with van der Waals surface area (Å²) in [5.41, 5.74) is 0. The van der Waals surface area contributed by atoms with Crippen molar-refractivity contribution < 1.29 is 0 Å². The van der Waals surface area contributed by atoms with Crippen LogP contribution in [0.4, 0.5) is 0 Å². The molecule has 0 N–H and O–H groups in total. The molecule has 0 atom stereocenters. The Labute approximate surface area is 147 Å². The van der Waals surface area contributed by atoms with E-state index in [1.54, 1.807) is 22.5 Å². The molecule has 117 valence electrons. The Kier molecular flexibility index (Phi) is 26.0. The second-order valence-electron chi connectivity index (χ2n) is 6.05. The summed E-state index contributed by atoms with van der Waals surface area (Å²) in [5.74, 6) is 0. The molecule has 0 nitrogen and oxygen atoms in total. The summed E-state index contributed by atoms with van der Waals surface area (Å²) in [6, 6.07) is 0. The Morgan fingerprint density at radius 3 is 0.950 bits per heavy atom. The third kappa shape index (κ3) is 21.3. The molecule has 0 aromatic carbocycles. The van der Waals surface area contributed by atoms with Crippen molar-refractivity contribution in [3.8, 4) is 0 Å². The quantitative estimate of drug-likeness (QED) is 0.206. The molecule has 0 aromatic heterocycles. The molecule has 0 heterocycles. The fourth-order valence-corrected chi connectivity index (χ4v) is 3.39. The van der Waals surface area contributed by atoms with Gasteiger partial charge in [-0.25, -0.2) is 0 Å². The minimum absolute atomic E-state index is 0. The molecule has 0 saturated heterocycles. The van der Waals surface area contributed by atoms with E-state index >= 15 is 0 Å². The van der Waals surface area contributed by atoms with Gasteiger partial charge in [-0.1, -0.05) is 39.0 Å². The van der Waals surface area contributed by atoms with Crippen LogP contribution >= 0.6 is 0 Å². The van der Waals surface area contributed by atoms with E-state index in [1.165, 1.54) is 107 Å². The standard InChI is InChI=1S/C18H37.Si.Sn/c1-3-5-7-9-11-13-15-17-18-16-14-12-10-8-6-4-2;;/h1,3-18H2,2H3;;. The van der Waals surface area contributed by atoms with Gasteiger partial charge in [-0.3, -0.25) is 0 Å². The van der Waals surface area contributed by atoms with Crippen molar-refractivity contribution in [1.82, 2.24) is 0 Å². The van der Waals surface area contributed by atoms with Gasteiger partial charge in [-0.2, -0.15) is 0 Å². The molecule has 0 aliphatic carbocycles. The molecule has 0 bridgehead atoms. The van der Waals surface area contributed by atoms with E-state index in [2.05, 4.69) is 6.92 Å². The molecular weight excluding hydrogens is 363 g/mol. The summed E-state index contributed by atoms with van der Waals surface area (Å²) >= 11 is 1.72. The third-order valence-electron chi connectivity index (χ3n) is 4.03. The van der Waals surface area contributed by atoms with Crippen molar-refractivity contribution in [2.45, 2.75) is 114 Å². The van der Waals surface area contributed by atoms with Crippen LogP contribution in [0.1, 0.15) is 110 Å². The predicted molar refractivity (Wildman–Crippen MR) is 95.9 cm³/mol. The minimum atomic E-state index is 0. The van der Waals surface area contributed by atoms with Crippen molar-refractivity contribution in [3.05, 3.63) is 0 Å². The topological polar surface area (TPSA) is 0 Å². The first-order valence-electron chi connectivity index (χ1n) is 9.06. The van der Waals surface area contributed by atoms with Gasteiger partial charge in [0.2, 0.25) is 0 Å². The van der Waals surface area contributed by atoms with Gasteiger partial charge >= 0.3 is 97.6 Å². The molecule has 7 radical (unpaired) electrons. The van der Waals surface area contributed by atoms with Crippen LogP contribution in [-0.2, 0) is 0 Å². The van der Waals surface area contributed by atoms with Gasteiger partial charge in [0.25, 0.3) is 0 Å². The molecule has 0 aliphatic heterocycles. The first-order chi connectivity index (χ1) is 9.41. The predicted octanol–water partition coefficient (Wildman–Crippen LogP) is 6.45. The zero-order valence-electron chi connectivity index (χ0n) is 14.0. The van der Waals surface area contributed by atoms with E-state index in [0.717, 1.165) is 0 Å². The molecule has 0 aromatic rings. The second-order valence-corrected chi connectivity index (χ2v) is 7.48. The van der Waals surface area contributed by atoms with Crippen LogP contribution in [0.2, 0.25) is 4.44 Å². The first-order valence-corrected chi connectivity index (χ1v) is 11.1. The summed E-state index contributed by atoms with van der Waals surface area (Å²) in [6.07, 6.45) is 23.7. The first kappa shape index (κ1) is 23.3. The molecule has 0 amide bonds. The summed E-state index contributed by atoms with van der Waals surface area (Å²) in [6.45, 7) is 2.30. The van der Waals surface area contributed by atoms with Crippen molar-refractivity contribution in [2.24, 2.45) is 0 Å². The van der Waals surface area contributed by atoms with Gasteiger partial charge in [-0.05, 0) is 0 Å². The van der Waals surface area contributed by atoms with Gasteiger partial charge < -0.3 is 0 Å². The number of rotatable bonds is 16. The third-order valence-corrected chi connectivity index (χ3v) is 5.04. The van der Waals surface area contributed by atoms with E-state index in [4.69, 9.17) is 0 Å². The van der Waals surface area contributed by atoms with E-state index < -0.39 is 0 Å². The molecule has 0 unspecified atom stereocenters. The molecule has 0 rings (SSSR count). The average Bonchev–Trinajstić information content (AvgIpc) is 2.43. The van der Waals surface area contributed by atoms with Crippen molar-refractivity contribution in [3.63, 3.8) is 0 Å². The van der Waals surface area contributed by atoms with Crippen molar-refractivity contribution in [2.75, 3.05) is 0 Å².